The fraction of sp³-hybridized carbons (Fsp3) is 0.471. The van der Waals surface area contributed by atoms with Crippen LogP contribution in [0.15, 0.2) is 42.7 Å². The van der Waals surface area contributed by atoms with Crippen LogP contribution in [-0.2, 0) is 17.7 Å². The number of aryl methyl sites for hydroxylation is 1. The highest BCUT2D eigenvalue weighted by molar-refractivity contribution is 5.14. The second-order valence-corrected chi connectivity index (χ2v) is 5.64. The van der Waals surface area contributed by atoms with Gasteiger partial charge in [-0.05, 0) is 24.8 Å². The molecule has 4 heteroatoms. The van der Waals surface area contributed by atoms with Gasteiger partial charge in [0.1, 0.15) is 5.82 Å². The highest BCUT2D eigenvalue weighted by Gasteiger charge is 2.20. The van der Waals surface area contributed by atoms with Crippen LogP contribution < -0.4 is 0 Å². The van der Waals surface area contributed by atoms with Crippen LogP contribution in [0.2, 0.25) is 0 Å². The molecule has 1 aliphatic rings. The Bertz CT molecular complexity index is 512. The number of benzene rings is 1. The Labute approximate surface area is 126 Å². The van der Waals surface area contributed by atoms with E-state index in [1.165, 1.54) is 12.0 Å². The van der Waals surface area contributed by atoms with E-state index in [2.05, 4.69) is 45.2 Å². The first-order valence-corrected chi connectivity index (χ1v) is 7.76. The van der Waals surface area contributed by atoms with E-state index in [1.54, 1.807) is 0 Å². The van der Waals surface area contributed by atoms with Gasteiger partial charge in [-0.3, -0.25) is 4.90 Å². The van der Waals surface area contributed by atoms with Gasteiger partial charge in [-0.1, -0.05) is 30.3 Å². The first-order chi connectivity index (χ1) is 10.4. The summed E-state index contributed by atoms with van der Waals surface area (Å²) in [6.07, 6.45) is 7.50. The molecule has 0 unspecified atom stereocenters. The van der Waals surface area contributed by atoms with Crippen molar-refractivity contribution in [2.45, 2.75) is 31.9 Å². The second kappa shape index (κ2) is 7.38. The van der Waals surface area contributed by atoms with Crippen molar-refractivity contribution in [2.75, 3.05) is 19.7 Å². The van der Waals surface area contributed by atoms with Gasteiger partial charge in [0, 0.05) is 25.5 Å². The lowest BCUT2D eigenvalue weighted by Gasteiger charge is -2.32. The van der Waals surface area contributed by atoms with Gasteiger partial charge < -0.3 is 9.72 Å². The Kier molecular flexibility index (Phi) is 5.03. The van der Waals surface area contributed by atoms with E-state index in [1.807, 2.05) is 12.4 Å². The van der Waals surface area contributed by atoms with Crippen LogP contribution in [0.5, 0.6) is 0 Å². The monoisotopic (exact) mass is 285 g/mol. The van der Waals surface area contributed by atoms with Gasteiger partial charge in [0.2, 0.25) is 0 Å². The Morgan fingerprint density at radius 3 is 3.00 bits per heavy atom. The summed E-state index contributed by atoms with van der Waals surface area (Å²) in [6, 6.07) is 10.7. The van der Waals surface area contributed by atoms with Crippen molar-refractivity contribution in [2.24, 2.45) is 0 Å². The SMILES string of the molecule is c1ccc(CCC[C@H]2CN(Cc3ncc[nH]3)CCO2)cc1. The molecule has 1 aromatic heterocycles. The Morgan fingerprint density at radius 1 is 1.29 bits per heavy atom. The summed E-state index contributed by atoms with van der Waals surface area (Å²) in [7, 11) is 0. The maximum absolute atomic E-state index is 5.89. The number of hydrogen-bond donors (Lipinski definition) is 1. The number of nitrogens with one attached hydrogen (secondary N) is 1. The molecule has 2 heterocycles. The normalized spacial score (nSPS) is 19.7. The number of aromatic amines is 1. The van der Waals surface area contributed by atoms with Crippen LogP contribution in [0.4, 0.5) is 0 Å². The van der Waals surface area contributed by atoms with Crippen molar-refractivity contribution in [3.63, 3.8) is 0 Å². The zero-order valence-corrected chi connectivity index (χ0v) is 12.4. The van der Waals surface area contributed by atoms with Gasteiger partial charge in [0.05, 0.1) is 19.3 Å². The maximum atomic E-state index is 5.89. The van der Waals surface area contributed by atoms with E-state index >= 15 is 0 Å². The molecular weight excluding hydrogens is 262 g/mol. The molecule has 1 atom stereocenters. The molecule has 0 radical (unpaired) electrons. The zero-order chi connectivity index (χ0) is 14.3. The van der Waals surface area contributed by atoms with Gasteiger partial charge in [-0.2, -0.15) is 0 Å². The molecule has 1 saturated heterocycles. The van der Waals surface area contributed by atoms with E-state index in [9.17, 15) is 0 Å². The van der Waals surface area contributed by atoms with Crippen molar-refractivity contribution >= 4 is 0 Å². The summed E-state index contributed by atoms with van der Waals surface area (Å²) in [5, 5.41) is 0. The summed E-state index contributed by atoms with van der Waals surface area (Å²) in [6.45, 7) is 3.73. The van der Waals surface area contributed by atoms with E-state index in [4.69, 9.17) is 4.74 Å². The van der Waals surface area contributed by atoms with Crippen molar-refractivity contribution in [3.05, 3.63) is 54.1 Å². The molecule has 0 aliphatic carbocycles. The van der Waals surface area contributed by atoms with Gasteiger partial charge in [-0.25, -0.2) is 4.98 Å². The number of ether oxygens (including phenoxy) is 1. The van der Waals surface area contributed by atoms with Crippen molar-refractivity contribution in [1.29, 1.82) is 0 Å². The number of H-pyrrole nitrogens is 1. The minimum Gasteiger partial charge on any atom is -0.376 e. The predicted molar refractivity (Wildman–Crippen MR) is 83.0 cm³/mol. The number of aromatic nitrogens is 2. The standard InChI is InChI=1S/C17H23N3O/c1-2-5-15(6-3-1)7-4-8-16-13-20(11-12-21-16)14-17-18-9-10-19-17/h1-3,5-6,9-10,16H,4,7-8,11-14H2,(H,18,19)/t16-/m0/s1. The fourth-order valence-electron chi connectivity index (χ4n) is 2.87. The lowest BCUT2D eigenvalue weighted by molar-refractivity contribution is -0.0361. The van der Waals surface area contributed by atoms with Crippen LogP contribution in [0, 0.1) is 0 Å². The molecule has 1 aromatic carbocycles. The third-order valence-electron chi connectivity index (χ3n) is 3.99. The molecule has 0 bridgehead atoms. The molecule has 2 aromatic rings. The largest absolute Gasteiger partial charge is 0.376 e. The van der Waals surface area contributed by atoms with E-state index in [0.29, 0.717) is 6.10 Å². The van der Waals surface area contributed by atoms with Crippen LogP contribution in [-0.4, -0.2) is 40.7 Å². The zero-order valence-electron chi connectivity index (χ0n) is 12.4. The number of morpholine rings is 1. The fourth-order valence-corrected chi connectivity index (χ4v) is 2.87. The van der Waals surface area contributed by atoms with Crippen molar-refractivity contribution < 1.29 is 4.74 Å². The number of nitrogens with zero attached hydrogens (tertiary/aromatic N) is 2. The Hall–Kier alpha value is -1.65. The molecule has 4 nitrogen and oxygen atoms in total. The minimum atomic E-state index is 0.359. The average Bonchev–Trinajstić information content (AvgIpc) is 3.02. The van der Waals surface area contributed by atoms with Crippen LogP contribution in [0.3, 0.4) is 0 Å². The molecule has 1 N–H and O–H groups in total. The van der Waals surface area contributed by atoms with Gasteiger partial charge in [-0.15, -0.1) is 0 Å². The van der Waals surface area contributed by atoms with Crippen LogP contribution >= 0.6 is 0 Å². The summed E-state index contributed by atoms with van der Waals surface area (Å²) in [4.78, 5) is 9.90. The lowest BCUT2D eigenvalue weighted by atomic mass is 10.1. The van der Waals surface area contributed by atoms with Gasteiger partial charge in [0.15, 0.2) is 0 Å². The average molecular weight is 285 g/mol. The summed E-state index contributed by atoms with van der Waals surface area (Å²) >= 11 is 0. The molecule has 0 saturated carbocycles. The molecule has 1 aliphatic heterocycles. The van der Waals surface area contributed by atoms with Crippen LogP contribution in [0.25, 0.3) is 0 Å². The third kappa shape index (κ3) is 4.41. The molecule has 112 valence electrons. The smallest absolute Gasteiger partial charge is 0.120 e. The molecule has 1 fully saturated rings. The molecule has 0 amide bonds. The lowest BCUT2D eigenvalue weighted by Crippen LogP contribution is -2.42. The number of rotatable bonds is 6. The first-order valence-electron chi connectivity index (χ1n) is 7.76. The summed E-state index contributed by atoms with van der Waals surface area (Å²) in [5.41, 5.74) is 1.42. The summed E-state index contributed by atoms with van der Waals surface area (Å²) < 4.78 is 5.89. The predicted octanol–water partition coefficient (Wildman–Crippen LogP) is 2.63. The molecular formula is C17H23N3O. The summed E-state index contributed by atoms with van der Waals surface area (Å²) in [5.74, 6) is 1.04. The quantitative estimate of drug-likeness (QED) is 0.887. The maximum Gasteiger partial charge on any atom is 0.120 e. The van der Waals surface area contributed by atoms with E-state index < -0.39 is 0 Å². The molecule has 0 spiro atoms. The third-order valence-corrected chi connectivity index (χ3v) is 3.99. The highest BCUT2D eigenvalue weighted by atomic mass is 16.5. The molecule has 21 heavy (non-hydrogen) atoms. The van der Waals surface area contributed by atoms with Crippen molar-refractivity contribution in [3.8, 4) is 0 Å². The minimum absolute atomic E-state index is 0.359. The topological polar surface area (TPSA) is 41.2 Å². The highest BCUT2D eigenvalue weighted by Crippen LogP contribution is 2.14. The van der Waals surface area contributed by atoms with E-state index in [0.717, 1.165) is 44.9 Å². The van der Waals surface area contributed by atoms with Gasteiger partial charge in [0.25, 0.3) is 0 Å². The van der Waals surface area contributed by atoms with Crippen LogP contribution in [0.1, 0.15) is 24.2 Å². The van der Waals surface area contributed by atoms with Crippen molar-refractivity contribution in [1.82, 2.24) is 14.9 Å². The first kappa shape index (κ1) is 14.3. The second-order valence-electron chi connectivity index (χ2n) is 5.64. The molecule has 3 rings (SSSR count). The van der Waals surface area contributed by atoms with Gasteiger partial charge >= 0.3 is 0 Å². The van der Waals surface area contributed by atoms with E-state index in [-0.39, 0.29) is 0 Å². The Balaban J connectivity index is 1.41. The number of imidazole rings is 1. The number of hydrogen-bond acceptors (Lipinski definition) is 3. The Morgan fingerprint density at radius 2 is 2.19 bits per heavy atom.